The van der Waals surface area contributed by atoms with Gasteiger partial charge in [0.05, 0.1) is 6.04 Å². The van der Waals surface area contributed by atoms with Crippen LogP contribution in [-0.4, -0.2) is 18.0 Å². The van der Waals surface area contributed by atoms with E-state index in [1.807, 2.05) is 0 Å². The van der Waals surface area contributed by atoms with Crippen molar-refractivity contribution >= 4 is 5.91 Å². The molecule has 0 aliphatic heterocycles. The van der Waals surface area contributed by atoms with Crippen LogP contribution in [-0.2, 0) is 4.79 Å². The van der Waals surface area contributed by atoms with E-state index in [1.54, 1.807) is 6.92 Å². The molecule has 0 saturated heterocycles. The van der Waals surface area contributed by atoms with Crippen LogP contribution in [0.3, 0.4) is 0 Å². The molecule has 1 rings (SSSR count). The molecule has 3 nitrogen and oxygen atoms in total. The van der Waals surface area contributed by atoms with Crippen LogP contribution in [0.4, 0.5) is 0 Å². The van der Waals surface area contributed by atoms with Crippen molar-refractivity contribution in [2.45, 2.75) is 58.0 Å². The van der Waals surface area contributed by atoms with Crippen LogP contribution in [0.25, 0.3) is 0 Å². The molecule has 3 heteroatoms. The fourth-order valence-electron chi connectivity index (χ4n) is 1.96. The van der Waals surface area contributed by atoms with Gasteiger partial charge in [-0.3, -0.25) is 4.79 Å². The second-order valence-corrected chi connectivity index (χ2v) is 4.61. The summed E-state index contributed by atoms with van der Waals surface area (Å²) < 4.78 is 0. The van der Waals surface area contributed by atoms with Gasteiger partial charge >= 0.3 is 0 Å². The summed E-state index contributed by atoms with van der Waals surface area (Å²) in [7, 11) is 0. The van der Waals surface area contributed by atoms with E-state index in [0.29, 0.717) is 6.04 Å². The predicted molar refractivity (Wildman–Crippen MR) is 57.8 cm³/mol. The summed E-state index contributed by atoms with van der Waals surface area (Å²) in [4.78, 5) is 11.4. The molecule has 0 aromatic carbocycles. The number of hydrogen-bond donors (Lipinski definition) is 2. The lowest BCUT2D eigenvalue weighted by Crippen LogP contribution is -2.43. The smallest absolute Gasteiger partial charge is 0.236 e. The van der Waals surface area contributed by atoms with Crippen LogP contribution in [0.1, 0.15) is 46.0 Å². The summed E-state index contributed by atoms with van der Waals surface area (Å²) in [6.45, 7) is 4.02. The first kappa shape index (κ1) is 11.5. The summed E-state index contributed by atoms with van der Waals surface area (Å²) in [5, 5.41) is 3.01. The van der Waals surface area contributed by atoms with Crippen molar-refractivity contribution < 1.29 is 4.79 Å². The van der Waals surface area contributed by atoms with Gasteiger partial charge in [-0.15, -0.1) is 0 Å². The molecule has 0 aromatic rings. The van der Waals surface area contributed by atoms with Crippen LogP contribution in [0, 0.1) is 5.92 Å². The molecule has 1 amide bonds. The number of nitrogens with two attached hydrogens (primary N) is 1. The maximum Gasteiger partial charge on any atom is 0.236 e. The molecule has 0 spiro atoms. The van der Waals surface area contributed by atoms with Gasteiger partial charge in [-0.05, 0) is 32.1 Å². The molecule has 1 aliphatic carbocycles. The van der Waals surface area contributed by atoms with Gasteiger partial charge < -0.3 is 11.1 Å². The highest BCUT2D eigenvalue weighted by Gasteiger charge is 2.18. The molecular weight excluding hydrogens is 176 g/mol. The van der Waals surface area contributed by atoms with E-state index in [1.165, 1.54) is 19.3 Å². The highest BCUT2D eigenvalue weighted by molar-refractivity contribution is 5.81. The third-order valence-corrected chi connectivity index (χ3v) is 3.02. The van der Waals surface area contributed by atoms with E-state index in [9.17, 15) is 4.79 Å². The minimum absolute atomic E-state index is 0.00967. The third kappa shape index (κ3) is 3.66. The van der Waals surface area contributed by atoms with Crippen molar-refractivity contribution in [3.63, 3.8) is 0 Å². The van der Waals surface area contributed by atoms with Gasteiger partial charge in [-0.1, -0.05) is 19.8 Å². The lowest BCUT2D eigenvalue weighted by molar-refractivity contribution is -0.122. The summed E-state index contributed by atoms with van der Waals surface area (Å²) in [6, 6.07) is -0.0193. The largest absolute Gasteiger partial charge is 0.352 e. The highest BCUT2D eigenvalue weighted by Crippen LogP contribution is 2.22. The Kier molecular flexibility index (Phi) is 4.39. The zero-order valence-corrected chi connectivity index (χ0v) is 9.25. The predicted octanol–water partition coefficient (Wildman–Crippen LogP) is 1.42. The van der Waals surface area contributed by atoms with Gasteiger partial charge in [-0.2, -0.15) is 0 Å². The van der Waals surface area contributed by atoms with Gasteiger partial charge in [0.15, 0.2) is 0 Å². The lowest BCUT2D eigenvalue weighted by Gasteiger charge is -2.17. The quantitative estimate of drug-likeness (QED) is 0.659. The van der Waals surface area contributed by atoms with E-state index in [0.717, 1.165) is 18.8 Å². The van der Waals surface area contributed by atoms with Gasteiger partial charge in [0.1, 0.15) is 0 Å². The zero-order valence-electron chi connectivity index (χ0n) is 9.25. The van der Waals surface area contributed by atoms with Crippen LogP contribution in [0.15, 0.2) is 0 Å². The van der Waals surface area contributed by atoms with E-state index < -0.39 is 0 Å². The number of carbonyl (C=O) groups is 1. The molecule has 14 heavy (non-hydrogen) atoms. The molecule has 3 atom stereocenters. The van der Waals surface area contributed by atoms with Gasteiger partial charge in [0, 0.05) is 6.04 Å². The molecule has 0 heterocycles. The molecule has 0 radical (unpaired) electrons. The number of amides is 1. The SMILES string of the molecule is CC1CCCC(NC(=O)[C@@H](C)N)CC1. The van der Waals surface area contributed by atoms with E-state index in [2.05, 4.69) is 12.2 Å². The first-order valence-corrected chi connectivity index (χ1v) is 5.65. The van der Waals surface area contributed by atoms with Crippen molar-refractivity contribution in [2.24, 2.45) is 11.7 Å². The van der Waals surface area contributed by atoms with Crippen LogP contribution in [0.5, 0.6) is 0 Å². The van der Waals surface area contributed by atoms with Crippen molar-refractivity contribution in [3.8, 4) is 0 Å². The Balaban J connectivity index is 2.33. The molecular formula is C11H22N2O. The monoisotopic (exact) mass is 198 g/mol. The van der Waals surface area contributed by atoms with Crippen LogP contribution in [0.2, 0.25) is 0 Å². The van der Waals surface area contributed by atoms with Gasteiger partial charge in [-0.25, -0.2) is 0 Å². The minimum Gasteiger partial charge on any atom is -0.352 e. The standard InChI is InChI=1S/C11H22N2O/c1-8-4-3-5-10(7-6-8)13-11(14)9(2)12/h8-10H,3-7,12H2,1-2H3,(H,13,14)/t8?,9-,10?/m1/s1. The number of nitrogens with one attached hydrogen (secondary N) is 1. The Morgan fingerprint density at radius 3 is 2.71 bits per heavy atom. The molecule has 1 aliphatic rings. The Labute approximate surface area is 86.4 Å². The summed E-state index contributed by atoms with van der Waals surface area (Å²) in [5.74, 6) is 0.803. The molecule has 0 bridgehead atoms. The number of hydrogen-bond acceptors (Lipinski definition) is 2. The lowest BCUT2D eigenvalue weighted by atomic mass is 10.0. The summed E-state index contributed by atoms with van der Waals surface area (Å²) in [6.07, 6.45) is 5.97. The first-order valence-electron chi connectivity index (χ1n) is 5.65. The average molecular weight is 198 g/mol. The Hall–Kier alpha value is -0.570. The molecule has 82 valence electrons. The second kappa shape index (κ2) is 5.35. The first-order chi connectivity index (χ1) is 6.59. The molecule has 2 unspecified atom stereocenters. The van der Waals surface area contributed by atoms with Crippen molar-refractivity contribution in [1.82, 2.24) is 5.32 Å². The van der Waals surface area contributed by atoms with Crippen LogP contribution >= 0.6 is 0 Å². The minimum atomic E-state index is -0.379. The average Bonchev–Trinajstić information content (AvgIpc) is 2.31. The van der Waals surface area contributed by atoms with E-state index in [-0.39, 0.29) is 11.9 Å². The Morgan fingerprint density at radius 1 is 1.36 bits per heavy atom. The summed E-state index contributed by atoms with van der Waals surface area (Å²) >= 11 is 0. The highest BCUT2D eigenvalue weighted by atomic mass is 16.2. The Bertz CT molecular complexity index is 192. The number of carbonyl (C=O) groups excluding carboxylic acids is 1. The van der Waals surface area contributed by atoms with Gasteiger partial charge in [0.2, 0.25) is 5.91 Å². The second-order valence-electron chi connectivity index (χ2n) is 4.61. The Morgan fingerprint density at radius 2 is 2.07 bits per heavy atom. The molecule has 3 N–H and O–H groups in total. The van der Waals surface area contributed by atoms with Crippen LogP contribution < -0.4 is 11.1 Å². The third-order valence-electron chi connectivity index (χ3n) is 3.02. The normalized spacial score (nSPS) is 30.5. The zero-order chi connectivity index (χ0) is 10.6. The fraction of sp³-hybridized carbons (Fsp3) is 0.909. The number of rotatable bonds is 2. The maximum absolute atomic E-state index is 11.4. The maximum atomic E-state index is 11.4. The van der Waals surface area contributed by atoms with E-state index in [4.69, 9.17) is 5.73 Å². The summed E-state index contributed by atoms with van der Waals surface area (Å²) in [5.41, 5.74) is 5.51. The molecule has 1 fully saturated rings. The van der Waals surface area contributed by atoms with Crippen molar-refractivity contribution in [3.05, 3.63) is 0 Å². The molecule has 0 aromatic heterocycles. The topological polar surface area (TPSA) is 55.1 Å². The molecule has 1 saturated carbocycles. The van der Waals surface area contributed by atoms with Crippen molar-refractivity contribution in [1.29, 1.82) is 0 Å². The van der Waals surface area contributed by atoms with Gasteiger partial charge in [0.25, 0.3) is 0 Å². The fourth-order valence-corrected chi connectivity index (χ4v) is 1.96. The van der Waals surface area contributed by atoms with E-state index >= 15 is 0 Å². The van der Waals surface area contributed by atoms with Crippen molar-refractivity contribution in [2.75, 3.05) is 0 Å².